The summed E-state index contributed by atoms with van der Waals surface area (Å²) in [7, 11) is -3.57. The maximum atomic E-state index is 12.0. The van der Waals surface area contributed by atoms with Gasteiger partial charge in [-0.15, -0.1) is 0 Å². The third-order valence-electron chi connectivity index (χ3n) is 3.00. The molecule has 0 radical (unpaired) electrons. The smallest absolute Gasteiger partial charge is 0.235 e. The quantitative estimate of drug-likeness (QED) is 0.885. The molecule has 0 atom stereocenters. The Kier molecular flexibility index (Phi) is 5.11. The van der Waals surface area contributed by atoms with Crippen LogP contribution in [0.25, 0.3) is 0 Å². The number of sulfone groups is 1. The predicted molar refractivity (Wildman–Crippen MR) is 81.7 cm³/mol. The van der Waals surface area contributed by atoms with Crippen molar-refractivity contribution in [3.8, 4) is 0 Å². The lowest BCUT2D eigenvalue weighted by molar-refractivity contribution is -0.118. The first-order valence-electron chi connectivity index (χ1n) is 6.66. The zero-order chi connectivity index (χ0) is 15.1. The molecule has 0 aliphatic rings. The molecule has 2 rings (SSSR count). The van der Waals surface area contributed by atoms with E-state index in [-0.39, 0.29) is 4.90 Å². The second-order valence-electron chi connectivity index (χ2n) is 4.66. The van der Waals surface area contributed by atoms with Gasteiger partial charge in [-0.2, -0.15) is 0 Å². The summed E-state index contributed by atoms with van der Waals surface area (Å²) < 4.78 is 24.0. The van der Waals surface area contributed by atoms with Crippen LogP contribution in [0.15, 0.2) is 65.6 Å². The molecule has 0 aliphatic carbocycles. The van der Waals surface area contributed by atoms with E-state index in [1.807, 2.05) is 30.3 Å². The molecule has 21 heavy (non-hydrogen) atoms. The van der Waals surface area contributed by atoms with E-state index in [4.69, 9.17) is 0 Å². The molecule has 0 heterocycles. The van der Waals surface area contributed by atoms with Crippen LogP contribution in [-0.2, 0) is 21.1 Å². The van der Waals surface area contributed by atoms with Gasteiger partial charge in [-0.05, 0) is 24.1 Å². The molecule has 0 aliphatic heterocycles. The van der Waals surface area contributed by atoms with Gasteiger partial charge in [-0.3, -0.25) is 4.79 Å². The van der Waals surface area contributed by atoms with Crippen molar-refractivity contribution in [1.29, 1.82) is 0 Å². The van der Waals surface area contributed by atoms with Gasteiger partial charge in [0, 0.05) is 6.54 Å². The summed E-state index contributed by atoms with van der Waals surface area (Å²) in [6.07, 6.45) is 0.679. The number of hydrogen-bond donors (Lipinski definition) is 1. The first-order valence-corrected chi connectivity index (χ1v) is 8.31. The van der Waals surface area contributed by atoms with Crippen LogP contribution in [0.3, 0.4) is 0 Å². The lowest BCUT2D eigenvalue weighted by Gasteiger charge is -2.06. The molecule has 0 spiro atoms. The van der Waals surface area contributed by atoms with Crippen molar-refractivity contribution < 1.29 is 13.2 Å². The molecule has 110 valence electrons. The summed E-state index contributed by atoms with van der Waals surface area (Å²) >= 11 is 0. The number of carbonyl (C=O) groups excluding carboxylic acids is 1. The van der Waals surface area contributed by atoms with E-state index in [0.717, 1.165) is 5.56 Å². The van der Waals surface area contributed by atoms with Crippen LogP contribution in [0.1, 0.15) is 5.56 Å². The second-order valence-corrected chi connectivity index (χ2v) is 6.65. The van der Waals surface area contributed by atoms with Crippen LogP contribution in [0.5, 0.6) is 0 Å². The van der Waals surface area contributed by atoms with E-state index in [2.05, 4.69) is 5.32 Å². The molecule has 0 fully saturated rings. The van der Waals surface area contributed by atoms with Crippen molar-refractivity contribution >= 4 is 15.7 Å². The molecule has 4 nitrogen and oxygen atoms in total. The highest BCUT2D eigenvalue weighted by Crippen LogP contribution is 2.09. The Balaban J connectivity index is 1.85. The molecule has 0 bridgehead atoms. The van der Waals surface area contributed by atoms with Crippen LogP contribution in [-0.4, -0.2) is 26.6 Å². The van der Waals surface area contributed by atoms with Crippen molar-refractivity contribution in [2.75, 3.05) is 12.3 Å². The van der Waals surface area contributed by atoms with Gasteiger partial charge in [0.2, 0.25) is 5.91 Å². The third-order valence-corrected chi connectivity index (χ3v) is 4.63. The highest BCUT2D eigenvalue weighted by atomic mass is 32.2. The molecule has 5 heteroatoms. The number of amides is 1. The van der Waals surface area contributed by atoms with Crippen molar-refractivity contribution in [3.05, 3.63) is 66.2 Å². The van der Waals surface area contributed by atoms with Crippen molar-refractivity contribution in [2.45, 2.75) is 11.3 Å². The van der Waals surface area contributed by atoms with Crippen molar-refractivity contribution in [3.63, 3.8) is 0 Å². The van der Waals surface area contributed by atoms with Gasteiger partial charge in [0.1, 0.15) is 5.75 Å². The van der Waals surface area contributed by atoms with Gasteiger partial charge in [0.25, 0.3) is 0 Å². The van der Waals surface area contributed by atoms with Gasteiger partial charge < -0.3 is 5.32 Å². The van der Waals surface area contributed by atoms with Gasteiger partial charge >= 0.3 is 0 Å². The van der Waals surface area contributed by atoms with Gasteiger partial charge in [0.15, 0.2) is 9.84 Å². The third kappa shape index (κ3) is 4.72. The minimum atomic E-state index is -3.57. The summed E-state index contributed by atoms with van der Waals surface area (Å²) in [6.45, 7) is 0.424. The van der Waals surface area contributed by atoms with E-state index in [9.17, 15) is 13.2 Å². The number of nitrogens with one attached hydrogen (secondary N) is 1. The second kappa shape index (κ2) is 7.04. The number of benzene rings is 2. The van der Waals surface area contributed by atoms with E-state index < -0.39 is 21.5 Å². The first-order chi connectivity index (χ1) is 10.1. The lowest BCUT2D eigenvalue weighted by atomic mass is 10.1. The minimum Gasteiger partial charge on any atom is -0.355 e. The number of carbonyl (C=O) groups is 1. The van der Waals surface area contributed by atoms with E-state index in [0.29, 0.717) is 13.0 Å². The summed E-state index contributed by atoms with van der Waals surface area (Å²) in [4.78, 5) is 11.9. The van der Waals surface area contributed by atoms with Gasteiger partial charge in [0.05, 0.1) is 4.90 Å². The molecule has 0 unspecified atom stereocenters. The highest BCUT2D eigenvalue weighted by Gasteiger charge is 2.18. The van der Waals surface area contributed by atoms with Crippen LogP contribution >= 0.6 is 0 Å². The SMILES string of the molecule is O=C(CS(=O)(=O)c1ccccc1)NCCc1ccccc1. The fourth-order valence-electron chi connectivity index (χ4n) is 1.93. The van der Waals surface area contributed by atoms with Crippen molar-refractivity contribution in [1.82, 2.24) is 5.32 Å². The standard InChI is InChI=1S/C16H17NO3S/c18-16(17-12-11-14-7-3-1-4-8-14)13-21(19,20)15-9-5-2-6-10-15/h1-10H,11-13H2,(H,17,18). The summed E-state index contributed by atoms with van der Waals surface area (Å²) in [6, 6.07) is 17.7. The maximum absolute atomic E-state index is 12.0. The first kappa shape index (κ1) is 15.3. The Morgan fingerprint density at radius 2 is 1.48 bits per heavy atom. The molecule has 1 amide bonds. The summed E-state index contributed by atoms with van der Waals surface area (Å²) in [5, 5.41) is 2.64. The van der Waals surface area contributed by atoms with Crippen LogP contribution < -0.4 is 5.32 Å². The largest absolute Gasteiger partial charge is 0.355 e. The van der Waals surface area contributed by atoms with Gasteiger partial charge in [-0.1, -0.05) is 48.5 Å². The lowest BCUT2D eigenvalue weighted by Crippen LogP contribution is -2.31. The Morgan fingerprint density at radius 3 is 2.10 bits per heavy atom. The normalized spacial score (nSPS) is 11.0. The maximum Gasteiger partial charge on any atom is 0.235 e. The minimum absolute atomic E-state index is 0.170. The highest BCUT2D eigenvalue weighted by molar-refractivity contribution is 7.92. The van der Waals surface area contributed by atoms with Crippen LogP contribution in [0.2, 0.25) is 0 Å². The molecular formula is C16H17NO3S. The monoisotopic (exact) mass is 303 g/mol. The Hall–Kier alpha value is -2.14. The zero-order valence-corrected chi connectivity index (χ0v) is 12.3. The fraction of sp³-hybridized carbons (Fsp3) is 0.188. The fourth-order valence-corrected chi connectivity index (χ4v) is 3.11. The van der Waals surface area contributed by atoms with Crippen LogP contribution in [0.4, 0.5) is 0 Å². The van der Waals surface area contributed by atoms with E-state index in [1.54, 1.807) is 18.2 Å². The topological polar surface area (TPSA) is 63.2 Å². The Morgan fingerprint density at radius 1 is 0.905 bits per heavy atom. The predicted octanol–water partition coefficient (Wildman–Crippen LogP) is 1.82. The average molecular weight is 303 g/mol. The molecule has 0 saturated heterocycles. The number of rotatable bonds is 6. The van der Waals surface area contributed by atoms with Gasteiger partial charge in [-0.25, -0.2) is 8.42 Å². The van der Waals surface area contributed by atoms with E-state index in [1.165, 1.54) is 12.1 Å². The van der Waals surface area contributed by atoms with E-state index >= 15 is 0 Å². The zero-order valence-electron chi connectivity index (χ0n) is 11.5. The molecular weight excluding hydrogens is 286 g/mol. The number of hydrogen-bond acceptors (Lipinski definition) is 3. The molecule has 0 aromatic heterocycles. The molecule has 2 aromatic rings. The Bertz CT molecular complexity index is 682. The molecule has 2 aromatic carbocycles. The van der Waals surface area contributed by atoms with Crippen molar-refractivity contribution in [2.24, 2.45) is 0 Å². The summed E-state index contributed by atoms with van der Waals surface area (Å²) in [5.74, 6) is -0.999. The summed E-state index contributed by atoms with van der Waals surface area (Å²) in [5.41, 5.74) is 1.10. The molecule has 1 N–H and O–H groups in total. The Labute approximate surface area is 124 Å². The average Bonchev–Trinajstić information content (AvgIpc) is 2.49. The van der Waals surface area contributed by atoms with Crippen LogP contribution in [0, 0.1) is 0 Å². The molecule has 0 saturated carbocycles.